The zero-order chi connectivity index (χ0) is 8.72. The topological polar surface area (TPSA) is 17.8 Å². The summed E-state index contributed by atoms with van der Waals surface area (Å²) >= 11 is 3.41. The second-order valence-electron chi connectivity index (χ2n) is 2.72. The Morgan fingerprint density at radius 1 is 1.50 bits per heavy atom. The average molecular weight is 223 g/mol. The Bertz CT molecular complexity index is 431. The van der Waals surface area contributed by atoms with Gasteiger partial charge in [0.15, 0.2) is 0 Å². The Kier molecular flexibility index (Phi) is 1.59. The van der Waals surface area contributed by atoms with E-state index in [0.717, 1.165) is 20.9 Å². The molecule has 0 aliphatic heterocycles. The minimum Gasteiger partial charge on any atom is -0.267 e. The SMILES string of the molecule is Cc1c(Br)c#cc2cnn(C)c12. The number of aryl methyl sites for hydroxylation is 2. The summed E-state index contributed by atoms with van der Waals surface area (Å²) < 4.78 is 2.80. The number of hydrogen-bond acceptors (Lipinski definition) is 1. The molecule has 0 bridgehead atoms. The quantitative estimate of drug-likeness (QED) is 0.669. The van der Waals surface area contributed by atoms with Gasteiger partial charge < -0.3 is 0 Å². The van der Waals surface area contributed by atoms with E-state index in [9.17, 15) is 0 Å². The summed E-state index contributed by atoms with van der Waals surface area (Å²) in [7, 11) is 1.93. The molecule has 0 fully saturated rings. The molecule has 0 radical (unpaired) electrons. The molecule has 12 heavy (non-hydrogen) atoms. The highest BCUT2D eigenvalue weighted by Crippen LogP contribution is 2.21. The second-order valence-corrected chi connectivity index (χ2v) is 3.51. The molecule has 1 heterocycles. The molecule has 0 atom stereocenters. The molecule has 0 saturated heterocycles. The molecule has 0 unspecified atom stereocenters. The van der Waals surface area contributed by atoms with Gasteiger partial charge in [-0.2, -0.15) is 5.10 Å². The van der Waals surface area contributed by atoms with Gasteiger partial charge in [0.05, 0.1) is 21.6 Å². The molecule has 0 spiro atoms. The van der Waals surface area contributed by atoms with Gasteiger partial charge in [0.25, 0.3) is 0 Å². The monoisotopic (exact) mass is 222 g/mol. The lowest BCUT2D eigenvalue weighted by molar-refractivity contribution is 0.794. The molecule has 3 heteroatoms. The van der Waals surface area contributed by atoms with Crippen molar-refractivity contribution in [3.63, 3.8) is 0 Å². The molecule has 1 aromatic heterocycles. The maximum Gasteiger partial charge on any atom is 0.0810 e. The van der Waals surface area contributed by atoms with Crippen LogP contribution in [-0.4, -0.2) is 9.78 Å². The van der Waals surface area contributed by atoms with Crippen LogP contribution in [0.25, 0.3) is 10.9 Å². The minimum atomic E-state index is 0.957. The number of halogens is 1. The van der Waals surface area contributed by atoms with E-state index in [2.05, 4.69) is 33.2 Å². The van der Waals surface area contributed by atoms with Gasteiger partial charge in [-0.15, -0.1) is 0 Å². The van der Waals surface area contributed by atoms with Gasteiger partial charge in [-0.1, -0.05) is 12.1 Å². The lowest BCUT2D eigenvalue weighted by Crippen LogP contribution is -1.91. The maximum absolute atomic E-state index is 4.14. The van der Waals surface area contributed by atoms with Crippen molar-refractivity contribution in [2.75, 3.05) is 0 Å². The van der Waals surface area contributed by atoms with E-state index in [1.807, 2.05) is 18.7 Å². The zero-order valence-electron chi connectivity index (χ0n) is 6.85. The van der Waals surface area contributed by atoms with Crippen molar-refractivity contribution in [3.8, 4) is 0 Å². The van der Waals surface area contributed by atoms with E-state index in [-0.39, 0.29) is 0 Å². The van der Waals surface area contributed by atoms with Crippen molar-refractivity contribution in [1.82, 2.24) is 9.78 Å². The lowest BCUT2D eigenvalue weighted by Gasteiger charge is -1.97. The van der Waals surface area contributed by atoms with Crippen LogP contribution in [0, 0.1) is 19.1 Å². The maximum atomic E-state index is 4.14. The van der Waals surface area contributed by atoms with Crippen LogP contribution < -0.4 is 0 Å². The first-order chi connectivity index (χ1) is 5.70. The van der Waals surface area contributed by atoms with Gasteiger partial charge >= 0.3 is 0 Å². The Balaban J connectivity index is 2.96. The highest BCUT2D eigenvalue weighted by atomic mass is 79.9. The fourth-order valence-electron chi connectivity index (χ4n) is 1.29. The summed E-state index contributed by atoms with van der Waals surface area (Å²) in [6.45, 7) is 2.04. The highest BCUT2D eigenvalue weighted by Gasteiger charge is 2.03. The third-order valence-corrected chi connectivity index (χ3v) is 2.72. The minimum absolute atomic E-state index is 0.957. The van der Waals surface area contributed by atoms with Crippen LogP contribution in [0.4, 0.5) is 0 Å². The van der Waals surface area contributed by atoms with Crippen LogP contribution in [0.2, 0.25) is 0 Å². The smallest absolute Gasteiger partial charge is 0.0810 e. The molecule has 0 saturated carbocycles. The predicted molar refractivity (Wildman–Crippen MR) is 50.8 cm³/mol. The summed E-state index contributed by atoms with van der Waals surface area (Å²) in [5.41, 5.74) is 2.27. The van der Waals surface area contributed by atoms with Crippen LogP contribution in [0.15, 0.2) is 10.7 Å². The van der Waals surface area contributed by atoms with E-state index in [0.29, 0.717) is 0 Å². The summed E-state index contributed by atoms with van der Waals surface area (Å²) in [5, 5.41) is 5.15. The lowest BCUT2D eigenvalue weighted by atomic mass is 10.2. The normalized spacial score (nSPS) is 10.2. The molecular formula is C9H7BrN2. The van der Waals surface area contributed by atoms with Crippen molar-refractivity contribution < 1.29 is 0 Å². The van der Waals surface area contributed by atoms with Crippen molar-refractivity contribution in [2.45, 2.75) is 6.92 Å². The van der Waals surface area contributed by atoms with Crippen LogP contribution in [0.3, 0.4) is 0 Å². The van der Waals surface area contributed by atoms with Crippen molar-refractivity contribution in [2.24, 2.45) is 7.05 Å². The molecule has 2 aromatic rings. The fourth-order valence-corrected chi connectivity index (χ4v) is 1.58. The average Bonchev–Trinajstić information content (AvgIpc) is 2.41. The van der Waals surface area contributed by atoms with Crippen LogP contribution >= 0.6 is 15.9 Å². The van der Waals surface area contributed by atoms with E-state index in [1.165, 1.54) is 0 Å². The number of rotatable bonds is 0. The molecule has 2 rings (SSSR count). The van der Waals surface area contributed by atoms with Crippen LogP contribution in [-0.2, 0) is 7.05 Å². The van der Waals surface area contributed by atoms with Gasteiger partial charge in [-0.25, -0.2) is 0 Å². The van der Waals surface area contributed by atoms with Crippen LogP contribution in [0.5, 0.6) is 0 Å². The largest absolute Gasteiger partial charge is 0.267 e. The van der Waals surface area contributed by atoms with Gasteiger partial charge in [0.2, 0.25) is 0 Å². The van der Waals surface area contributed by atoms with E-state index >= 15 is 0 Å². The van der Waals surface area contributed by atoms with Gasteiger partial charge in [0, 0.05) is 7.05 Å². The first-order valence-corrected chi connectivity index (χ1v) is 4.40. The van der Waals surface area contributed by atoms with Crippen molar-refractivity contribution in [1.29, 1.82) is 0 Å². The first-order valence-electron chi connectivity index (χ1n) is 3.61. The Labute approximate surface area is 79.3 Å². The highest BCUT2D eigenvalue weighted by molar-refractivity contribution is 9.10. The molecule has 60 valence electrons. The molecule has 2 nitrogen and oxygen atoms in total. The standard InChI is InChI=1S/C9H7BrN2/c1-6-8(10)4-3-7-5-11-12(2)9(6)7/h5H,1-2H3. The van der Waals surface area contributed by atoms with E-state index in [4.69, 9.17) is 0 Å². The summed E-state index contributed by atoms with van der Waals surface area (Å²) in [6, 6.07) is 6.02. The van der Waals surface area contributed by atoms with E-state index in [1.54, 1.807) is 6.20 Å². The molecular weight excluding hydrogens is 216 g/mol. The Hall–Kier alpha value is -1.01. The summed E-state index contributed by atoms with van der Waals surface area (Å²) in [6.07, 6.45) is 1.80. The molecule has 0 amide bonds. The molecule has 1 aromatic carbocycles. The second kappa shape index (κ2) is 2.49. The Morgan fingerprint density at radius 2 is 2.25 bits per heavy atom. The van der Waals surface area contributed by atoms with Gasteiger partial charge in [0.1, 0.15) is 0 Å². The molecule has 0 aliphatic rings. The third kappa shape index (κ3) is 0.919. The van der Waals surface area contributed by atoms with Gasteiger partial charge in [-0.05, 0) is 28.4 Å². The molecule has 0 aliphatic carbocycles. The number of nitrogens with zero attached hydrogens (tertiary/aromatic N) is 2. The molecule has 0 N–H and O–H groups in total. The van der Waals surface area contributed by atoms with Crippen molar-refractivity contribution in [3.05, 3.63) is 28.4 Å². The summed E-state index contributed by atoms with van der Waals surface area (Å²) in [4.78, 5) is 0. The Morgan fingerprint density at radius 3 is 3.00 bits per heavy atom. The van der Waals surface area contributed by atoms with Gasteiger partial charge in [-0.3, -0.25) is 4.68 Å². The summed E-state index contributed by atoms with van der Waals surface area (Å²) in [5.74, 6) is 0. The number of fused-ring (bicyclic) bond motifs is 1. The predicted octanol–water partition coefficient (Wildman–Crippen LogP) is 2.24. The fraction of sp³-hybridized carbons (Fsp3) is 0.222. The number of aromatic nitrogens is 2. The first kappa shape index (κ1) is 7.63. The van der Waals surface area contributed by atoms with Crippen molar-refractivity contribution >= 4 is 26.8 Å². The van der Waals surface area contributed by atoms with Crippen LogP contribution in [0.1, 0.15) is 5.56 Å². The zero-order valence-corrected chi connectivity index (χ0v) is 8.44. The number of hydrogen-bond donors (Lipinski definition) is 0. The van der Waals surface area contributed by atoms with E-state index < -0.39 is 0 Å². The third-order valence-electron chi connectivity index (χ3n) is 1.93.